The van der Waals surface area contributed by atoms with Gasteiger partial charge in [0, 0.05) is 28.5 Å². The van der Waals surface area contributed by atoms with Gasteiger partial charge in [-0.2, -0.15) is 0 Å². The summed E-state index contributed by atoms with van der Waals surface area (Å²) < 4.78 is 18.6. The van der Waals surface area contributed by atoms with Crippen molar-refractivity contribution in [3.63, 3.8) is 0 Å². The Labute approximate surface area is 161 Å². The topological polar surface area (TPSA) is 50.4 Å². The zero-order valence-corrected chi connectivity index (χ0v) is 15.2. The molecule has 0 unspecified atom stereocenters. The summed E-state index contributed by atoms with van der Waals surface area (Å²) in [5, 5.41) is 6.63. The van der Waals surface area contributed by atoms with Gasteiger partial charge in [-0.15, -0.1) is 0 Å². The molecule has 0 aliphatic carbocycles. The highest BCUT2D eigenvalue weighted by Gasteiger charge is 2.07. The van der Waals surface area contributed by atoms with Gasteiger partial charge in [0.15, 0.2) is 6.61 Å². The first kappa shape index (κ1) is 18.7. The van der Waals surface area contributed by atoms with Crippen LogP contribution in [0, 0.1) is 5.82 Å². The number of hydrogen-bond donors (Lipinski definition) is 2. The summed E-state index contributed by atoms with van der Waals surface area (Å²) in [6.45, 7) is 0.396. The maximum Gasteiger partial charge on any atom is 0.262 e. The van der Waals surface area contributed by atoms with Crippen molar-refractivity contribution in [2.45, 2.75) is 6.54 Å². The Hall–Kier alpha value is -3.05. The molecule has 3 rings (SSSR count). The van der Waals surface area contributed by atoms with Gasteiger partial charge in [0.25, 0.3) is 5.91 Å². The number of carbonyl (C=O) groups excluding carboxylic acids is 1. The molecule has 4 nitrogen and oxygen atoms in total. The van der Waals surface area contributed by atoms with E-state index < -0.39 is 0 Å². The molecular weight excluding hydrogens is 367 g/mol. The number of benzene rings is 3. The van der Waals surface area contributed by atoms with Crippen LogP contribution in [0.15, 0.2) is 72.8 Å². The van der Waals surface area contributed by atoms with Crippen LogP contribution in [0.3, 0.4) is 0 Å². The summed E-state index contributed by atoms with van der Waals surface area (Å²) in [7, 11) is 0. The molecule has 27 heavy (non-hydrogen) atoms. The van der Waals surface area contributed by atoms with Gasteiger partial charge in [-0.25, -0.2) is 4.39 Å². The molecule has 0 saturated carbocycles. The van der Waals surface area contributed by atoms with Crippen molar-refractivity contribution in [1.82, 2.24) is 0 Å². The van der Waals surface area contributed by atoms with E-state index in [-0.39, 0.29) is 18.3 Å². The fraction of sp³-hybridized carbons (Fsp3) is 0.0952. The molecule has 3 aromatic rings. The number of nitrogens with one attached hydrogen (secondary N) is 2. The first-order valence-corrected chi connectivity index (χ1v) is 8.73. The minimum atomic E-state index is -0.355. The number of carbonyl (C=O) groups is 1. The van der Waals surface area contributed by atoms with Crippen LogP contribution in [0.4, 0.5) is 15.8 Å². The van der Waals surface area contributed by atoms with Crippen LogP contribution in [0.2, 0.25) is 5.02 Å². The number of hydrogen-bond acceptors (Lipinski definition) is 3. The average Bonchev–Trinajstić information content (AvgIpc) is 2.68. The van der Waals surface area contributed by atoms with Crippen molar-refractivity contribution in [2.75, 3.05) is 17.2 Å². The summed E-state index contributed by atoms with van der Waals surface area (Å²) >= 11 is 5.89. The number of ether oxygens (including phenoxy) is 1. The monoisotopic (exact) mass is 384 g/mol. The Morgan fingerprint density at radius 3 is 2.33 bits per heavy atom. The number of halogens is 2. The van der Waals surface area contributed by atoms with Gasteiger partial charge < -0.3 is 15.4 Å². The SMILES string of the molecule is O=C(COc1ccccc1CNc1ccc(Cl)cc1)Nc1ccc(F)cc1. The summed E-state index contributed by atoms with van der Waals surface area (Å²) in [6, 6.07) is 20.5. The zero-order chi connectivity index (χ0) is 19.1. The fourth-order valence-corrected chi connectivity index (χ4v) is 2.56. The fourth-order valence-electron chi connectivity index (χ4n) is 2.43. The molecule has 3 aromatic carbocycles. The summed E-state index contributed by atoms with van der Waals surface area (Å²) in [6.07, 6.45) is 0. The summed E-state index contributed by atoms with van der Waals surface area (Å²) in [4.78, 5) is 12.0. The molecule has 0 spiro atoms. The molecule has 0 aromatic heterocycles. The molecule has 0 radical (unpaired) electrons. The van der Waals surface area contributed by atoms with E-state index in [4.69, 9.17) is 16.3 Å². The predicted molar refractivity (Wildman–Crippen MR) is 106 cm³/mol. The number of anilines is 2. The zero-order valence-electron chi connectivity index (χ0n) is 14.4. The third-order valence-corrected chi connectivity index (χ3v) is 4.04. The van der Waals surface area contributed by atoms with E-state index in [0.717, 1.165) is 11.3 Å². The molecule has 0 saturated heterocycles. The molecule has 1 amide bonds. The van der Waals surface area contributed by atoms with E-state index in [2.05, 4.69) is 10.6 Å². The lowest BCUT2D eigenvalue weighted by Gasteiger charge is -2.13. The quantitative estimate of drug-likeness (QED) is 0.595. The van der Waals surface area contributed by atoms with Crippen molar-refractivity contribution >= 4 is 28.9 Å². The number of rotatable bonds is 7. The molecule has 6 heteroatoms. The van der Waals surface area contributed by atoms with E-state index in [1.165, 1.54) is 24.3 Å². The minimum Gasteiger partial charge on any atom is -0.483 e. The maximum atomic E-state index is 12.9. The Kier molecular flexibility index (Phi) is 6.28. The van der Waals surface area contributed by atoms with Crippen LogP contribution < -0.4 is 15.4 Å². The summed E-state index contributed by atoms with van der Waals surface area (Å²) in [5.41, 5.74) is 2.37. The van der Waals surface area contributed by atoms with E-state index >= 15 is 0 Å². The highest BCUT2D eigenvalue weighted by Crippen LogP contribution is 2.20. The van der Waals surface area contributed by atoms with Crippen LogP contribution in [0.25, 0.3) is 0 Å². The second-order valence-corrected chi connectivity index (χ2v) is 6.25. The Balaban J connectivity index is 1.56. The minimum absolute atomic E-state index is 0.144. The molecule has 0 aliphatic rings. The largest absolute Gasteiger partial charge is 0.483 e. The second-order valence-electron chi connectivity index (χ2n) is 5.81. The van der Waals surface area contributed by atoms with E-state index in [0.29, 0.717) is 23.0 Å². The second kappa shape index (κ2) is 9.05. The predicted octanol–water partition coefficient (Wildman–Crippen LogP) is 5.11. The van der Waals surface area contributed by atoms with E-state index in [1.54, 1.807) is 0 Å². The Morgan fingerprint density at radius 2 is 1.59 bits per heavy atom. The normalized spacial score (nSPS) is 10.3. The van der Waals surface area contributed by atoms with Gasteiger partial charge in [0.2, 0.25) is 0 Å². The average molecular weight is 385 g/mol. The van der Waals surface area contributed by atoms with Gasteiger partial charge in [0.1, 0.15) is 11.6 Å². The lowest BCUT2D eigenvalue weighted by Crippen LogP contribution is -2.20. The Morgan fingerprint density at radius 1 is 0.926 bits per heavy atom. The Bertz CT molecular complexity index is 899. The molecular formula is C21H18ClFN2O2. The number of para-hydroxylation sites is 1. The molecule has 0 atom stereocenters. The lowest BCUT2D eigenvalue weighted by atomic mass is 10.2. The van der Waals surface area contributed by atoms with Gasteiger partial charge >= 0.3 is 0 Å². The standard InChI is InChI=1S/C21H18ClFN2O2/c22-16-5-9-18(10-6-16)24-13-15-3-1-2-4-20(15)27-14-21(26)25-19-11-7-17(23)8-12-19/h1-12,24H,13-14H2,(H,25,26). The molecule has 0 bridgehead atoms. The summed E-state index contributed by atoms with van der Waals surface area (Å²) in [5.74, 6) is -0.0540. The first-order chi connectivity index (χ1) is 13.1. The van der Waals surface area contributed by atoms with Crippen molar-refractivity contribution < 1.29 is 13.9 Å². The molecule has 0 aliphatic heterocycles. The molecule has 138 valence electrons. The van der Waals surface area contributed by atoms with Crippen LogP contribution >= 0.6 is 11.6 Å². The van der Waals surface area contributed by atoms with Crippen LogP contribution in [-0.2, 0) is 11.3 Å². The van der Waals surface area contributed by atoms with Gasteiger partial charge in [-0.1, -0.05) is 29.8 Å². The first-order valence-electron chi connectivity index (χ1n) is 8.36. The van der Waals surface area contributed by atoms with Crippen molar-refractivity contribution in [1.29, 1.82) is 0 Å². The van der Waals surface area contributed by atoms with Crippen molar-refractivity contribution in [2.24, 2.45) is 0 Å². The van der Waals surface area contributed by atoms with Crippen LogP contribution in [-0.4, -0.2) is 12.5 Å². The molecule has 0 heterocycles. The van der Waals surface area contributed by atoms with Gasteiger partial charge in [-0.3, -0.25) is 4.79 Å². The van der Waals surface area contributed by atoms with E-state index in [1.807, 2.05) is 48.5 Å². The third kappa shape index (κ3) is 5.72. The highest BCUT2D eigenvalue weighted by atomic mass is 35.5. The number of amides is 1. The van der Waals surface area contributed by atoms with Gasteiger partial charge in [-0.05, 0) is 54.6 Å². The van der Waals surface area contributed by atoms with Crippen molar-refractivity contribution in [3.8, 4) is 5.75 Å². The lowest BCUT2D eigenvalue weighted by molar-refractivity contribution is -0.118. The molecule has 2 N–H and O–H groups in total. The third-order valence-electron chi connectivity index (χ3n) is 3.79. The van der Waals surface area contributed by atoms with Gasteiger partial charge in [0.05, 0.1) is 0 Å². The highest BCUT2D eigenvalue weighted by molar-refractivity contribution is 6.30. The van der Waals surface area contributed by atoms with Crippen LogP contribution in [0.5, 0.6) is 5.75 Å². The molecule has 0 fully saturated rings. The van der Waals surface area contributed by atoms with Crippen LogP contribution in [0.1, 0.15) is 5.56 Å². The van der Waals surface area contributed by atoms with Crippen molar-refractivity contribution in [3.05, 3.63) is 89.2 Å². The van der Waals surface area contributed by atoms with E-state index in [9.17, 15) is 9.18 Å². The smallest absolute Gasteiger partial charge is 0.262 e. The maximum absolute atomic E-state index is 12.9.